The van der Waals surface area contributed by atoms with E-state index in [-0.39, 0.29) is 18.6 Å². The first-order valence-corrected chi connectivity index (χ1v) is 12.7. The fraction of sp³-hybridized carbons (Fsp3) is 0.385. The summed E-state index contributed by atoms with van der Waals surface area (Å²) in [6.45, 7) is 3.85. The summed E-state index contributed by atoms with van der Waals surface area (Å²) in [5, 5.41) is 0.774. The second-order valence-corrected chi connectivity index (χ2v) is 9.68. The number of amides is 1. The van der Waals surface area contributed by atoms with Gasteiger partial charge in [0.1, 0.15) is 0 Å². The van der Waals surface area contributed by atoms with E-state index in [1.807, 2.05) is 41.6 Å². The maximum atomic E-state index is 13.0. The Morgan fingerprint density at radius 3 is 2.97 bits per heavy atom. The number of fused-ring (bicyclic) bond motifs is 1. The number of benzene rings is 1. The number of hydrogen-bond acceptors (Lipinski definition) is 7. The predicted octanol–water partition coefficient (Wildman–Crippen LogP) is 4.54. The lowest BCUT2D eigenvalue weighted by Gasteiger charge is -2.33. The first-order chi connectivity index (χ1) is 16.7. The van der Waals surface area contributed by atoms with Crippen molar-refractivity contribution in [2.75, 3.05) is 19.9 Å². The average molecular weight is 477 g/mol. The highest BCUT2D eigenvalue weighted by Gasteiger charge is 2.27. The van der Waals surface area contributed by atoms with Gasteiger partial charge in [0.05, 0.1) is 5.69 Å². The average Bonchev–Trinajstić information content (AvgIpc) is 3.35. The number of aromatic nitrogens is 3. The number of carbonyl (C=O) groups is 1. The SMILES string of the molecule is Cc1cnc(SCc2cccnc2)nc1[C@@H]1CCCN(C(=O)CCc2ccc3c(c2)OCO3)C1. The number of thioether (sulfide) groups is 1. The summed E-state index contributed by atoms with van der Waals surface area (Å²) >= 11 is 1.62. The molecule has 8 heteroatoms. The van der Waals surface area contributed by atoms with E-state index in [1.165, 1.54) is 0 Å². The zero-order valence-corrected chi connectivity index (χ0v) is 20.1. The molecule has 4 heterocycles. The van der Waals surface area contributed by atoms with Crippen molar-refractivity contribution in [1.29, 1.82) is 0 Å². The van der Waals surface area contributed by atoms with Gasteiger partial charge in [0, 0.05) is 49.8 Å². The molecule has 34 heavy (non-hydrogen) atoms. The molecule has 1 saturated heterocycles. The Hall–Kier alpha value is -3.13. The smallest absolute Gasteiger partial charge is 0.231 e. The molecule has 0 bridgehead atoms. The molecule has 2 aromatic heterocycles. The molecule has 0 aliphatic carbocycles. The number of hydrogen-bond donors (Lipinski definition) is 0. The second kappa shape index (κ2) is 10.4. The Bertz CT molecular complexity index is 1160. The van der Waals surface area contributed by atoms with Crippen molar-refractivity contribution in [3.8, 4) is 11.5 Å². The number of carbonyl (C=O) groups excluding carboxylic acids is 1. The van der Waals surface area contributed by atoms with Gasteiger partial charge in [-0.2, -0.15) is 0 Å². The van der Waals surface area contributed by atoms with Crippen molar-refractivity contribution in [2.24, 2.45) is 0 Å². The van der Waals surface area contributed by atoms with E-state index in [4.69, 9.17) is 14.5 Å². The molecule has 1 fully saturated rings. The summed E-state index contributed by atoms with van der Waals surface area (Å²) < 4.78 is 10.8. The summed E-state index contributed by atoms with van der Waals surface area (Å²) in [6.07, 6.45) is 8.77. The van der Waals surface area contributed by atoms with Crippen LogP contribution >= 0.6 is 11.8 Å². The normalized spacial score (nSPS) is 17.1. The van der Waals surface area contributed by atoms with Gasteiger partial charge in [0.15, 0.2) is 16.7 Å². The molecule has 7 nitrogen and oxygen atoms in total. The Kier molecular flexibility index (Phi) is 6.94. The molecule has 0 N–H and O–H groups in total. The van der Waals surface area contributed by atoms with Gasteiger partial charge >= 0.3 is 0 Å². The van der Waals surface area contributed by atoms with Crippen molar-refractivity contribution in [2.45, 2.75) is 49.4 Å². The number of nitrogens with zero attached hydrogens (tertiary/aromatic N) is 4. The number of ether oxygens (including phenoxy) is 2. The van der Waals surface area contributed by atoms with E-state index in [1.54, 1.807) is 18.0 Å². The summed E-state index contributed by atoms with van der Waals surface area (Å²) in [6, 6.07) is 9.90. The largest absolute Gasteiger partial charge is 0.454 e. The van der Waals surface area contributed by atoms with Gasteiger partial charge in [0.25, 0.3) is 0 Å². The van der Waals surface area contributed by atoms with Crippen LogP contribution in [0.1, 0.15) is 47.6 Å². The molecule has 1 amide bonds. The molecular weight excluding hydrogens is 448 g/mol. The summed E-state index contributed by atoms with van der Waals surface area (Å²) in [4.78, 5) is 28.6. The molecule has 0 saturated carbocycles. The van der Waals surface area contributed by atoms with E-state index in [9.17, 15) is 4.79 Å². The maximum Gasteiger partial charge on any atom is 0.231 e. The monoisotopic (exact) mass is 476 g/mol. The molecule has 0 unspecified atom stereocenters. The Labute approximate surface area is 203 Å². The highest BCUT2D eigenvalue weighted by molar-refractivity contribution is 7.98. The highest BCUT2D eigenvalue weighted by atomic mass is 32.2. The topological polar surface area (TPSA) is 77.4 Å². The van der Waals surface area contributed by atoms with Gasteiger partial charge < -0.3 is 14.4 Å². The summed E-state index contributed by atoms with van der Waals surface area (Å²) in [5.41, 5.74) is 4.39. The zero-order chi connectivity index (χ0) is 23.3. The van der Waals surface area contributed by atoms with Gasteiger partial charge in [-0.25, -0.2) is 9.97 Å². The summed E-state index contributed by atoms with van der Waals surface area (Å²) in [5.74, 6) is 2.75. The van der Waals surface area contributed by atoms with E-state index >= 15 is 0 Å². The molecule has 0 radical (unpaired) electrons. The van der Waals surface area contributed by atoms with Gasteiger partial charge in [-0.05, 0) is 61.1 Å². The van der Waals surface area contributed by atoms with Crippen molar-refractivity contribution in [1.82, 2.24) is 19.9 Å². The third kappa shape index (κ3) is 5.33. The lowest BCUT2D eigenvalue weighted by atomic mass is 9.92. The van der Waals surface area contributed by atoms with E-state index in [0.717, 1.165) is 64.2 Å². The number of rotatable bonds is 7. The number of piperidine rings is 1. The van der Waals surface area contributed by atoms with Crippen molar-refractivity contribution >= 4 is 17.7 Å². The van der Waals surface area contributed by atoms with E-state index < -0.39 is 0 Å². The molecular formula is C26H28N4O3S. The van der Waals surface area contributed by atoms with Crippen LogP contribution in [-0.2, 0) is 17.0 Å². The van der Waals surface area contributed by atoms with Crippen LogP contribution in [0.5, 0.6) is 11.5 Å². The number of likely N-dealkylation sites (tertiary alicyclic amines) is 1. The van der Waals surface area contributed by atoms with Crippen LogP contribution < -0.4 is 9.47 Å². The third-order valence-corrected chi connectivity index (χ3v) is 7.24. The Balaban J connectivity index is 1.20. The van der Waals surface area contributed by atoms with Gasteiger partial charge in [-0.3, -0.25) is 9.78 Å². The van der Waals surface area contributed by atoms with E-state index in [0.29, 0.717) is 19.4 Å². The fourth-order valence-corrected chi connectivity index (χ4v) is 5.24. The van der Waals surface area contributed by atoms with Crippen molar-refractivity contribution in [3.63, 3.8) is 0 Å². The van der Waals surface area contributed by atoms with Crippen LogP contribution in [0.2, 0.25) is 0 Å². The quantitative estimate of drug-likeness (QED) is 0.366. The number of aryl methyl sites for hydroxylation is 2. The van der Waals surface area contributed by atoms with Gasteiger partial charge in [-0.1, -0.05) is 23.9 Å². The molecule has 176 valence electrons. The first-order valence-electron chi connectivity index (χ1n) is 11.7. The third-order valence-electron chi connectivity index (χ3n) is 6.30. The highest BCUT2D eigenvalue weighted by Crippen LogP contribution is 2.33. The second-order valence-electron chi connectivity index (χ2n) is 8.74. The van der Waals surface area contributed by atoms with Crippen LogP contribution in [0, 0.1) is 6.92 Å². The lowest BCUT2D eigenvalue weighted by molar-refractivity contribution is -0.132. The standard InChI is InChI=1S/C26H28N4O3S/c1-18-13-28-26(34-16-20-4-2-10-27-14-20)29-25(18)21-5-3-11-30(15-21)24(31)9-7-19-6-8-22-23(12-19)33-17-32-22/h2,4,6,8,10,12-14,21H,3,5,7,9,11,15-17H2,1H3/t21-/m1/s1. The van der Waals surface area contributed by atoms with Crippen LogP contribution in [0.3, 0.4) is 0 Å². The van der Waals surface area contributed by atoms with Crippen molar-refractivity contribution in [3.05, 3.63) is 71.3 Å². The van der Waals surface area contributed by atoms with Gasteiger partial charge in [0.2, 0.25) is 12.7 Å². The predicted molar refractivity (Wildman–Crippen MR) is 130 cm³/mol. The van der Waals surface area contributed by atoms with Crippen LogP contribution in [0.25, 0.3) is 0 Å². The Morgan fingerprint density at radius 1 is 1.18 bits per heavy atom. The molecule has 1 aromatic carbocycles. The van der Waals surface area contributed by atoms with Crippen LogP contribution in [0.15, 0.2) is 54.1 Å². The van der Waals surface area contributed by atoms with Gasteiger partial charge in [-0.15, -0.1) is 0 Å². The summed E-state index contributed by atoms with van der Waals surface area (Å²) in [7, 11) is 0. The minimum Gasteiger partial charge on any atom is -0.454 e. The molecule has 1 atom stereocenters. The molecule has 2 aliphatic rings. The van der Waals surface area contributed by atoms with Crippen LogP contribution in [-0.4, -0.2) is 45.6 Å². The molecule has 0 spiro atoms. The van der Waals surface area contributed by atoms with Crippen LogP contribution in [0.4, 0.5) is 0 Å². The maximum absolute atomic E-state index is 13.0. The number of pyridine rings is 1. The first kappa shape index (κ1) is 22.7. The lowest BCUT2D eigenvalue weighted by Crippen LogP contribution is -2.39. The zero-order valence-electron chi connectivity index (χ0n) is 19.3. The van der Waals surface area contributed by atoms with E-state index in [2.05, 4.69) is 23.0 Å². The minimum atomic E-state index is 0.195. The minimum absolute atomic E-state index is 0.195. The molecule has 3 aromatic rings. The molecule has 5 rings (SSSR count). The fourth-order valence-electron chi connectivity index (χ4n) is 4.49. The molecule has 2 aliphatic heterocycles. The Morgan fingerprint density at radius 2 is 2.09 bits per heavy atom. The van der Waals surface area contributed by atoms with Crippen molar-refractivity contribution < 1.29 is 14.3 Å².